The van der Waals surface area contributed by atoms with E-state index in [9.17, 15) is 23.1 Å². The molecule has 1 aromatic rings. The van der Waals surface area contributed by atoms with Gasteiger partial charge >= 0.3 is 12.3 Å². The number of pyridine rings is 1. The van der Waals surface area contributed by atoms with Gasteiger partial charge in [0, 0.05) is 38.9 Å². The van der Waals surface area contributed by atoms with Crippen molar-refractivity contribution >= 4 is 6.09 Å². The summed E-state index contributed by atoms with van der Waals surface area (Å²) in [5.74, 6) is 0. The number of carboxylic acid groups (broad SMARTS) is 1. The topological polar surface area (TPSA) is 76.9 Å². The molecule has 2 rings (SSSR count). The molecule has 9 heteroatoms. The minimum atomic E-state index is -4.77. The summed E-state index contributed by atoms with van der Waals surface area (Å²) in [6.07, 6.45) is -7.19. The average Bonchev–Trinajstić information content (AvgIpc) is 2.46. The molecule has 0 aliphatic carbocycles. The Hall–Kier alpha value is -1.87. The molecule has 1 aliphatic rings. The molecular formula is C13H16F3N3O3. The van der Waals surface area contributed by atoms with E-state index in [1.165, 1.54) is 23.2 Å². The normalized spacial score (nSPS) is 18.3. The lowest BCUT2D eigenvalue weighted by atomic mass is 10.1. The number of aliphatic hydroxyl groups is 1. The number of carbonyl (C=O) groups is 1. The fraction of sp³-hybridized carbons (Fsp3) is 0.538. The minimum Gasteiger partial charge on any atom is -0.465 e. The number of hydrogen-bond acceptors (Lipinski definition) is 4. The maximum absolute atomic E-state index is 12.7. The summed E-state index contributed by atoms with van der Waals surface area (Å²) < 4.78 is 38.0. The van der Waals surface area contributed by atoms with Gasteiger partial charge in [0.05, 0.1) is 5.69 Å². The van der Waals surface area contributed by atoms with Crippen LogP contribution < -0.4 is 0 Å². The quantitative estimate of drug-likeness (QED) is 0.882. The molecule has 1 aromatic heterocycles. The summed E-state index contributed by atoms with van der Waals surface area (Å²) in [4.78, 5) is 17.6. The van der Waals surface area contributed by atoms with Crippen LogP contribution in [0.15, 0.2) is 18.3 Å². The number of hydrogen-bond donors (Lipinski definition) is 2. The lowest BCUT2D eigenvalue weighted by Gasteiger charge is -2.33. The minimum absolute atomic E-state index is 0.184. The second-order valence-electron chi connectivity index (χ2n) is 5.04. The Morgan fingerprint density at radius 3 is 2.50 bits per heavy atom. The summed E-state index contributed by atoms with van der Waals surface area (Å²) in [6.45, 7) is 1.62. The first-order valence-electron chi connectivity index (χ1n) is 6.68. The monoisotopic (exact) mass is 319 g/mol. The Balaban J connectivity index is 2.07. The third-order valence-electron chi connectivity index (χ3n) is 3.53. The fourth-order valence-corrected chi connectivity index (χ4v) is 2.32. The van der Waals surface area contributed by atoms with Crippen LogP contribution in [0, 0.1) is 0 Å². The number of aliphatic hydroxyl groups excluding tert-OH is 1. The number of rotatable bonds is 3. The summed E-state index contributed by atoms with van der Waals surface area (Å²) in [7, 11) is 0. The van der Waals surface area contributed by atoms with Gasteiger partial charge in [0.25, 0.3) is 0 Å². The lowest BCUT2D eigenvalue weighted by molar-refractivity contribution is -0.208. The van der Waals surface area contributed by atoms with Crippen molar-refractivity contribution in [1.82, 2.24) is 14.8 Å². The van der Waals surface area contributed by atoms with Gasteiger partial charge in [-0.1, -0.05) is 6.07 Å². The molecule has 1 unspecified atom stereocenters. The standard InChI is InChI=1S/C13H16F3N3O3/c14-13(15,16)11(20)10-9(2-1-3-17-10)8-18-4-6-19(7-5-18)12(21)22/h1-3,11,20H,4-8H2,(H,21,22). The van der Waals surface area contributed by atoms with Gasteiger partial charge in [0.1, 0.15) is 0 Å². The van der Waals surface area contributed by atoms with Gasteiger partial charge in [-0.05, 0) is 11.6 Å². The van der Waals surface area contributed by atoms with Crippen molar-refractivity contribution in [3.05, 3.63) is 29.6 Å². The average molecular weight is 319 g/mol. The van der Waals surface area contributed by atoms with Crippen LogP contribution in [-0.2, 0) is 6.54 Å². The lowest BCUT2D eigenvalue weighted by Crippen LogP contribution is -2.47. The van der Waals surface area contributed by atoms with Crippen molar-refractivity contribution in [2.75, 3.05) is 26.2 Å². The number of amides is 1. The summed E-state index contributed by atoms with van der Waals surface area (Å²) in [5.41, 5.74) is -0.119. The SMILES string of the molecule is O=C(O)N1CCN(Cc2cccnc2C(O)C(F)(F)F)CC1. The predicted molar refractivity (Wildman–Crippen MR) is 70.1 cm³/mol. The molecule has 0 radical (unpaired) electrons. The molecule has 0 saturated carbocycles. The van der Waals surface area contributed by atoms with Crippen molar-refractivity contribution < 1.29 is 28.2 Å². The highest BCUT2D eigenvalue weighted by Gasteiger charge is 2.41. The van der Waals surface area contributed by atoms with Crippen LogP contribution in [-0.4, -0.2) is 63.4 Å². The van der Waals surface area contributed by atoms with Crippen molar-refractivity contribution in [2.24, 2.45) is 0 Å². The molecule has 2 N–H and O–H groups in total. The van der Waals surface area contributed by atoms with Gasteiger partial charge < -0.3 is 15.1 Å². The summed E-state index contributed by atoms with van der Waals surface area (Å²) >= 11 is 0. The van der Waals surface area contributed by atoms with Crippen molar-refractivity contribution in [1.29, 1.82) is 0 Å². The van der Waals surface area contributed by atoms with Crippen LogP contribution in [0.3, 0.4) is 0 Å². The Morgan fingerprint density at radius 2 is 1.95 bits per heavy atom. The molecule has 1 amide bonds. The van der Waals surface area contributed by atoms with E-state index >= 15 is 0 Å². The van der Waals surface area contributed by atoms with Gasteiger partial charge in [-0.3, -0.25) is 9.88 Å². The maximum Gasteiger partial charge on any atom is 0.420 e. The molecule has 1 fully saturated rings. The van der Waals surface area contributed by atoms with Crippen LogP contribution in [0.2, 0.25) is 0 Å². The Kier molecular flexibility index (Phi) is 4.87. The van der Waals surface area contributed by atoms with Gasteiger partial charge in [-0.2, -0.15) is 13.2 Å². The zero-order valence-electron chi connectivity index (χ0n) is 11.6. The number of halogens is 3. The fourth-order valence-electron chi connectivity index (χ4n) is 2.32. The molecule has 1 atom stereocenters. The zero-order chi connectivity index (χ0) is 16.3. The summed E-state index contributed by atoms with van der Waals surface area (Å²) in [6, 6.07) is 3.00. The molecule has 0 bridgehead atoms. The van der Waals surface area contributed by atoms with E-state index < -0.39 is 24.1 Å². The first-order valence-corrected chi connectivity index (χ1v) is 6.68. The van der Waals surface area contributed by atoms with Gasteiger partial charge in [0.15, 0.2) is 6.10 Å². The van der Waals surface area contributed by atoms with Gasteiger partial charge in [-0.25, -0.2) is 4.79 Å². The molecule has 22 heavy (non-hydrogen) atoms. The van der Waals surface area contributed by atoms with Crippen LogP contribution in [0.25, 0.3) is 0 Å². The van der Waals surface area contributed by atoms with E-state index in [4.69, 9.17) is 5.11 Å². The van der Waals surface area contributed by atoms with Crippen LogP contribution >= 0.6 is 0 Å². The van der Waals surface area contributed by atoms with E-state index in [2.05, 4.69) is 4.98 Å². The molecule has 0 aromatic carbocycles. The van der Waals surface area contributed by atoms with E-state index in [1.54, 1.807) is 0 Å². The third kappa shape index (κ3) is 3.86. The number of aromatic nitrogens is 1. The molecule has 1 aliphatic heterocycles. The first-order chi connectivity index (χ1) is 10.3. The molecular weight excluding hydrogens is 303 g/mol. The van der Waals surface area contributed by atoms with E-state index in [0.29, 0.717) is 26.2 Å². The third-order valence-corrected chi connectivity index (χ3v) is 3.53. The smallest absolute Gasteiger partial charge is 0.420 e. The maximum atomic E-state index is 12.7. The van der Waals surface area contributed by atoms with E-state index in [-0.39, 0.29) is 12.1 Å². The molecule has 122 valence electrons. The molecule has 0 spiro atoms. The van der Waals surface area contributed by atoms with Crippen molar-refractivity contribution in [3.8, 4) is 0 Å². The second kappa shape index (κ2) is 6.49. The number of nitrogens with zero attached hydrogens (tertiary/aromatic N) is 3. The van der Waals surface area contributed by atoms with Crippen LogP contribution in [0.5, 0.6) is 0 Å². The van der Waals surface area contributed by atoms with Gasteiger partial charge in [-0.15, -0.1) is 0 Å². The van der Waals surface area contributed by atoms with Crippen LogP contribution in [0.1, 0.15) is 17.4 Å². The number of alkyl halides is 3. The Bertz CT molecular complexity index is 531. The Labute approximate surface area is 124 Å². The highest BCUT2D eigenvalue weighted by atomic mass is 19.4. The van der Waals surface area contributed by atoms with E-state index in [0.717, 1.165) is 0 Å². The van der Waals surface area contributed by atoms with Crippen LogP contribution in [0.4, 0.5) is 18.0 Å². The zero-order valence-corrected chi connectivity index (χ0v) is 11.6. The predicted octanol–water partition coefficient (Wildman–Crippen LogP) is 1.47. The molecule has 6 nitrogen and oxygen atoms in total. The van der Waals surface area contributed by atoms with Crippen molar-refractivity contribution in [3.63, 3.8) is 0 Å². The molecule has 2 heterocycles. The highest BCUT2D eigenvalue weighted by Crippen LogP contribution is 2.33. The second-order valence-corrected chi connectivity index (χ2v) is 5.04. The van der Waals surface area contributed by atoms with Crippen molar-refractivity contribution in [2.45, 2.75) is 18.8 Å². The Morgan fingerprint density at radius 1 is 1.32 bits per heavy atom. The number of piperazine rings is 1. The van der Waals surface area contributed by atoms with E-state index in [1.807, 2.05) is 4.90 Å². The highest BCUT2D eigenvalue weighted by molar-refractivity contribution is 5.65. The largest absolute Gasteiger partial charge is 0.465 e. The first kappa shape index (κ1) is 16.5. The molecule has 1 saturated heterocycles. The summed E-state index contributed by atoms with van der Waals surface area (Å²) in [5, 5.41) is 18.3. The van der Waals surface area contributed by atoms with Gasteiger partial charge in [0.2, 0.25) is 0 Å².